The standard InChI is InChI=1S/C28H37N7O3/c1-17-26(18(2)32-28(31-17)35(19(3)36)24-9-10-30-12-24)27(38)34-15-21-13-33(14-22(21)16-34)23-6-4-5-20(11-23)7-8-25(29)37/h4-6,11,21-22,24,30H,7-10,12-16H2,1-3H3,(H2,29,37). The van der Waals surface area contributed by atoms with Gasteiger partial charge in [-0.2, -0.15) is 0 Å². The second kappa shape index (κ2) is 10.7. The number of likely N-dealkylation sites (tertiary alicyclic amines) is 1. The lowest BCUT2D eigenvalue weighted by Crippen LogP contribution is -2.42. The van der Waals surface area contributed by atoms with Gasteiger partial charge in [0.25, 0.3) is 5.91 Å². The molecule has 3 fully saturated rings. The molecule has 3 aliphatic rings. The second-order valence-corrected chi connectivity index (χ2v) is 10.9. The van der Waals surface area contributed by atoms with Crippen molar-refractivity contribution in [3.8, 4) is 0 Å². The van der Waals surface area contributed by atoms with Crippen molar-refractivity contribution >= 4 is 29.4 Å². The number of aryl methyl sites for hydroxylation is 3. The first kappa shape index (κ1) is 26.1. The number of carbonyl (C=O) groups excluding carboxylic acids is 3. The van der Waals surface area contributed by atoms with Crippen molar-refractivity contribution in [3.63, 3.8) is 0 Å². The van der Waals surface area contributed by atoms with Crippen molar-refractivity contribution in [2.24, 2.45) is 17.6 Å². The number of benzene rings is 1. The van der Waals surface area contributed by atoms with Gasteiger partial charge in [0.1, 0.15) is 0 Å². The number of nitrogens with one attached hydrogen (secondary N) is 1. The van der Waals surface area contributed by atoms with E-state index in [1.807, 2.05) is 30.9 Å². The van der Waals surface area contributed by atoms with Gasteiger partial charge in [0.15, 0.2) is 0 Å². The van der Waals surface area contributed by atoms with E-state index in [0.29, 0.717) is 67.2 Å². The Labute approximate surface area is 223 Å². The molecule has 2 aromatic rings. The summed E-state index contributed by atoms with van der Waals surface area (Å²) < 4.78 is 0. The molecule has 3 unspecified atom stereocenters. The van der Waals surface area contributed by atoms with E-state index in [0.717, 1.165) is 37.3 Å². The third-order valence-electron chi connectivity index (χ3n) is 8.14. The van der Waals surface area contributed by atoms with E-state index in [1.54, 1.807) is 4.90 Å². The summed E-state index contributed by atoms with van der Waals surface area (Å²) in [5.41, 5.74) is 9.34. The Balaban J connectivity index is 1.26. The Kier molecular flexibility index (Phi) is 7.34. The number of nitrogens with zero attached hydrogens (tertiary/aromatic N) is 5. The first-order chi connectivity index (χ1) is 18.2. The molecule has 3 saturated heterocycles. The van der Waals surface area contributed by atoms with Gasteiger partial charge in [-0.1, -0.05) is 12.1 Å². The summed E-state index contributed by atoms with van der Waals surface area (Å²) in [7, 11) is 0. The molecular formula is C28H37N7O3. The number of primary amides is 1. The van der Waals surface area contributed by atoms with E-state index in [4.69, 9.17) is 5.73 Å². The zero-order chi connectivity index (χ0) is 27.0. The monoisotopic (exact) mass is 519 g/mol. The number of fused-ring (bicyclic) bond motifs is 1. The zero-order valence-electron chi connectivity index (χ0n) is 22.4. The lowest BCUT2D eigenvalue weighted by atomic mass is 10.0. The first-order valence-corrected chi connectivity index (χ1v) is 13.5. The predicted octanol–water partition coefficient (Wildman–Crippen LogP) is 1.43. The molecule has 5 rings (SSSR count). The average molecular weight is 520 g/mol. The van der Waals surface area contributed by atoms with Crippen LogP contribution in [-0.4, -0.2) is 77.9 Å². The summed E-state index contributed by atoms with van der Waals surface area (Å²) in [5, 5.41) is 3.29. The van der Waals surface area contributed by atoms with Crippen LogP contribution in [0.3, 0.4) is 0 Å². The smallest absolute Gasteiger partial charge is 0.257 e. The highest BCUT2D eigenvalue weighted by Crippen LogP contribution is 2.35. The molecule has 0 bridgehead atoms. The molecule has 0 spiro atoms. The van der Waals surface area contributed by atoms with Crippen LogP contribution in [0.15, 0.2) is 24.3 Å². The van der Waals surface area contributed by atoms with Crippen LogP contribution in [0.5, 0.6) is 0 Å². The topological polar surface area (TPSA) is 125 Å². The van der Waals surface area contributed by atoms with Gasteiger partial charge < -0.3 is 20.9 Å². The van der Waals surface area contributed by atoms with Gasteiger partial charge in [0.2, 0.25) is 17.8 Å². The van der Waals surface area contributed by atoms with Crippen LogP contribution in [-0.2, 0) is 16.0 Å². The summed E-state index contributed by atoms with van der Waals surface area (Å²) in [5.74, 6) is 0.771. The molecule has 202 valence electrons. The fraction of sp³-hybridized carbons (Fsp3) is 0.536. The Morgan fingerprint density at radius 2 is 1.76 bits per heavy atom. The number of hydrogen-bond donors (Lipinski definition) is 2. The average Bonchev–Trinajstić information content (AvgIpc) is 3.60. The van der Waals surface area contributed by atoms with Crippen LogP contribution in [0.25, 0.3) is 0 Å². The molecule has 3 N–H and O–H groups in total. The van der Waals surface area contributed by atoms with Gasteiger partial charge >= 0.3 is 0 Å². The number of nitrogens with two attached hydrogens (primary N) is 1. The van der Waals surface area contributed by atoms with Gasteiger partial charge in [-0.05, 0) is 50.9 Å². The van der Waals surface area contributed by atoms with E-state index in [1.165, 1.54) is 6.92 Å². The maximum atomic E-state index is 13.6. The summed E-state index contributed by atoms with van der Waals surface area (Å²) in [6.07, 6.45) is 1.85. The minimum Gasteiger partial charge on any atom is -0.371 e. The molecule has 3 atom stereocenters. The third-order valence-corrected chi connectivity index (χ3v) is 8.14. The van der Waals surface area contributed by atoms with Crippen LogP contribution in [0, 0.1) is 25.7 Å². The summed E-state index contributed by atoms with van der Waals surface area (Å²) >= 11 is 0. The van der Waals surface area contributed by atoms with Crippen molar-refractivity contribution in [2.45, 2.75) is 46.1 Å². The van der Waals surface area contributed by atoms with Gasteiger partial charge in [-0.25, -0.2) is 9.97 Å². The number of anilines is 2. The first-order valence-electron chi connectivity index (χ1n) is 13.5. The van der Waals surface area contributed by atoms with Crippen LogP contribution < -0.4 is 20.9 Å². The molecular weight excluding hydrogens is 482 g/mol. The maximum Gasteiger partial charge on any atom is 0.257 e. The number of amides is 3. The molecule has 3 amide bonds. The largest absolute Gasteiger partial charge is 0.371 e. The highest BCUT2D eigenvalue weighted by Gasteiger charge is 2.42. The maximum absolute atomic E-state index is 13.6. The van der Waals surface area contributed by atoms with Gasteiger partial charge in [-0.3, -0.25) is 19.3 Å². The quantitative estimate of drug-likeness (QED) is 0.567. The fourth-order valence-electron chi connectivity index (χ4n) is 6.24. The molecule has 10 heteroatoms. The van der Waals surface area contributed by atoms with Crippen molar-refractivity contribution in [1.82, 2.24) is 20.2 Å². The van der Waals surface area contributed by atoms with Crippen LogP contribution in [0.2, 0.25) is 0 Å². The second-order valence-electron chi connectivity index (χ2n) is 10.9. The molecule has 38 heavy (non-hydrogen) atoms. The summed E-state index contributed by atoms with van der Waals surface area (Å²) in [4.78, 5) is 52.4. The molecule has 4 heterocycles. The molecule has 0 aliphatic carbocycles. The van der Waals surface area contributed by atoms with E-state index in [9.17, 15) is 14.4 Å². The predicted molar refractivity (Wildman–Crippen MR) is 145 cm³/mol. The lowest BCUT2D eigenvalue weighted by molar-refractivity contribution is -0.118. The van der Waals surface area contributed by atoms with Crippen LogP contribution in [0.1, 0.15) is 47.1 Å². The number of rotatable bonds is 7. The van der Waals surface area contributed by atoms with Gasteiger partial charge in [0.05, 0.1) is 23.0 Å². The Morgan fingerprint density at radius 1 is 1.08 bits per heavy atom. The van der Waals surface area contributed by atoms with Gasteiger partial charge in [0, 0.05) is 63.6 Å². The Hall–Kier alpha value is -3.53. The third kappa shape index (κ3) is 5.22. The van der Waals surface area contributed by atoms with Crippen molar-refractivity contribution < 1.29 is 14.4 Å². The molecule has 0 radical (unpaired) electrons. The SMILES string of the molecule is CC(=O)N(c1nc(C)c(C(=O)N2CC3CN(c4cccc(CCC(N)=O)c4)CC3C2)c(C)n1)C1CCNC1. The molecule has 1 aromatic carbocycles. The minimum absolute atomic E-state index is 0.0256. The van der Waals surface area contributed by atoms with E-state index < -0.39 is 0 Å². The van der Waals surface area contributed by atoms with Crippen LogP contribution >= 0.6 is 0 Å². The van der Waals surface area contributed by atoms with E-state index in [-0.39, 0.29) is 23.8 Å². The number of hydrogen-bond acceptors (Lipinski definition) is 7. The zero-order valence-corrected chi connectivity index (χ0v) is 22.4. The minimum atomic E-state index is -0.288. The van der Waals surface area contributed by atoms with E-state index in [2.05, 4.69) is 32.3 Å². The molecule has 10 nitrogen and oxygen atoms in total. The van der Waals surface area contributed by atoms with Crippen molar-refractivity contribution in [2.75, 3.05) is 49.1 Å². The Bertz CT molecular complexity index is 1210. The van der Waals surface area contributed by atoms with Crippen molar-refractivity contribution in [3.05, 3.63) is 46.8 Å². The Morgan fingerprint density at radius 3 is 2.34 bits per heavy atom. The molecule has 1 aromatic heterocycles. The van der Waals surface area contributed by atoms with E-state index >= 15 is 0 Å². The highest BCUT2D eigenvalue weighted by atomic mass is 16.2. The number of aromatic nitrogens is 2. The molecule has 0 saturated carbocycles. The van der Waals surface area contributed by atoms with Crippen molar-refractivity contribution in [1.29, 1.82) is 0 Å². The number of carbonyl (C=O) groups is 3. The van der Waals surface area contributed by atoms with Crippen LogP contribution in [0.4, 0.5) is 11.6 Å². The highest BCUT2D eigenvalue weighted by molar-refractivity contribution is 5.97. The summed E-state index contributed by atoms with van der Waals surface area (Å²) in [6.45, 7) is 9.97. The normalized spacial score (nSPS) is 22.6. The molecule has 3 aliphatic heterocycles. The lowest BCUT2D eigenvalue weighted by Gasteiger charge is -2.27. The fourth-order valence-corrected chi connectivity index (χ4v) is 6.24. The summed E-state index contributed by atoms with van der Waals surface area (Å²) in [6, 6.07) is 8.33. The van der Waals surface area contributed by atoms with Gasteiger partial charge in [-0.15, -0.1) is 0 Å².